The van der Waals surface area contributed by atoms with Crippen molar-refractivity contribution in [1.29, 1.82) is 0 Å². The van der Waals surface area contributed by atoms with E-state index in [0.717, 1.165) is 6.42 Å². The van der Waals surface area contributed by atoms with Crippen molar-refractivity contribution in [3.63, 3.8) is 0 Å². The predicted octanol–water partition coefficient (Wildman–Crippen LogP) is 2.46. The van der Waals surface area contributed by atoms with Gasteiger partial charge in [0.1, 0.15) is 0 Å². The Bertz CT molecular complexity index is 6.14. The van der Waals surface area contributed by atoms with Crippen molar-refractivity contribution in [2.45, 2.75) is 26.7 Å². The van der Waals surface area contributed by atoms with Crippen LogP contribution < -0.4 is 0 Å². The molecule has 0 spiro atoms. The van der Waals surface area contributed by atoms with Crippen molar-refractivity contribution >= 4 is 0 Å². The van der Waals surface area contributed by atoms with Gasteiger partial charge in [-0.05, 0) is 0 Å². The van der Waals surface area contributed by atoms with Gasteiger partial charge in [-0.2, -0.15) is 13.3 Å². The molecule has 0 amide bonds. The molecule has 0 saturated heterocycles. The Labute approximate surface area is 71.4 Å². The van der Waals surface area contributed by atoms with Gasteiger partial charge in [0.25, 0.3) is 0 Å². The summed E-state index contributed by atoms with van der Waals surface area (Å²) in [5.41, 5.74) is 0. The van der Waals surface area contributed by atoms with Gasteiger partial charge in [-0.15, -0.1) is 0 Å². The van der Waals surface area contributed by atoms with Crippen LogP contribution in [-0.4, -0.2) is 0 Å². The second kappa shape index (κ2) is 27.7. The van der Waals surface area contributed by atoms with Gasteiger partial charge >= 0.3 is 31.1 Å². The first-order valence-corrected chi connectivity index (χ1v) is 2.41. The fourth-order valence-corrected chi connectivity index (χ4v) is 0. The molecule has 7 heavy (non-hydrogen) atoms. The zero-order valence-electron chi connectivity index (χ0n) is 5.33. The monoisotopic (exact) mass is 324 g/mol. The summed E-state index contributed by atoms with van der Waals surface area (Å²) in [5.74, 6) is 0. The fourth-order valence-electron chi connectivity index (χ4n) is 0. The summed E-state index contributed by atoms with van der Waals surface area (Å²) in [5, 5.41) is 0. The van der Waals surface area contributed by atoms with Crippen LogP contribution in [0.25, 0.3) is 0 Å². The summed E-state index contributed by atoms with van der Waals surface area (Å²) in [7, 11) is 0. The van der Waals surface area contributed by atoms with Gasteiger partial charge in [0.2, 0.25) is 0 Å². The Kier molecular flexibility index (Phi) is 62.2. The first-order chi connectivity index (χ1) is 2.91. The van der Waals surface area contributed by atoms with Crippen molar-refractivity contribution in [2.24, 2.45) is 0 Å². The SMILES string of the molecule is [CH2-]C.[CH2-]CCC.[U+2]. The average molecular weight is 324 g/mol. The minimum atomic E-state index is 0. The summed E-state index contributed by atoms with van der Waals surface area (Å²) in [6, 6.07) is 0. The summed E-state index contributed by atoms with van der Waals surface area (Å²) in [6.07, 6.45) is 2.28. The van der Waals surface area contributed by atoms with E-state index < -0.39 is 0 Å². The van der Waals surface area contributed by atoms with Crippen LogP contribution in [0.15, 0.2) is 0 Å². The third-order valence-corrected chi connectivity index (χ3v) is 0.354. The molecule has 0 aliphatic carbocycles. The second-order valence-corrected chi connectivity index (χ2v) is 0.854. The van der Waals surface area contributed by atoms with E-state index in [-0.39, 0.29) is 31.1 Å². The molecule has 1 heteroatoms. The average Bonchev–Trinajstić information content (AvgIpc) is 1.72. The summed E-state index contributed by atoms with van der Waals surface area (Å²) in [4.78, 5) is 0. The molecule has 0 unspecified atom stereocenters. The van der Waals surface area contributed by atoms with Crippen LogP contribution in [-0.2, 0) is 0 Å². The van der Waals surface area contributed by atoms with Gasteiger partial charge in [-0.3, -0.25) is 0 Å². The van der Waals surface area contributed by atoms with Gasteiger partial charge in [-0.25, -0.2) is 0 Å². The molecule has 0 nitrogen and oxygen atoms in total. The number of rotatable bonds is 1. The third-order valence-electron chi connectivity index (χ3n) is 0.354. The summed E-state index contributed by atoms with van der Waals surface area (Å²) < 4.78 is 0. The molecule has 0 aliphatic heterocycles. The van der Waals surface area contributed by atoms with Crippen LogP contribution in [0.1, 0.15) is 26.7 Å². The van der Waals surface area contributed by atoms with Crippen molar-refractivity contribution in [3.05, 3.63) is 13.8 Å². The topological polar surface area (TPSA) is 0 Å². The molecule has 42 valence electrons. The van der Waals surface area contributed by atoms with Crippen LogP contribution in [0.3, 0.4) is 0 Å². The van der Waals surface area contributed by atoms with Crippen LogP contribution >= 0.6 is 0 Å². The maximum Gasteiger partial charge on any atom is 2.00 e. The fraction of sp³-hybridized carbons (Fsp3) is 0.667. The Morgan fingerprint density at radius 3 is 1.43 bits per heavy atom. The first kappa shape index (κ1) is 15.7. The number of hydrogen-bond acceptors (Lipinski definition) is 0. The molecule has 0 atom stereocenters. The van der Waals surface area contributed by atoms with E-state index in [9.17, 15) is 0 Å². The minimum absolute atomic E-state index is 0. The maximum atomic E-state index is 3.60. The van der Waals surface area contributed by atoms with E-state index in [4.69, 9.17) is 0 Å². The molecule has 0 aliphatic rings. The molecule has 0 aromatic rings. The molecule has 0 saturated carbocycles. The summed E-state index contributed by atoms with van der Waals surface area (Å²) in [6.45, 7) is 10.7. The van der Waals surface area contributed by atoms with Crippen molar-refractivity contribution in [3.8, 4) is 0 Å². The van der Waals surface area contributed by atoms with E-state index >= 15 is 0 Å². The van der Waals surface area contributed by atoms with Gasteiger partial charge in [0.05, 0.1) is 0 Å². The molecule has 0 fully saturated rings. The molecular weight excluding hydrogens is 310 g/mol. The molecule has 0 radical (unpaired) electrons. The van der Waals surface area contributed by atoms with Crippen LogP contribution in [0, 0.1) is 45.0 Å². The zero-order chi connectivity index (χ0) is 5.41. The molecule has 0 aromatic heterocycles. The first-order valence-electron chi connectivity index (χ1n) is 2.41. The maximum absolute atomic E-state index is 3.60. The smallest absolute Gasteiger partial charge is 0.346 e. The van der Waals surface area contributed by atoms with E-state index in [0.29, 0.717) is 0 Å². The van der Waals surface area contributed by atoms with Crippen LogP contribution in [0.2, 0.25) is 0 Å². The molecule has 0 aromatic carbocycles. The second-order valence-electron chi connectivity index (χ2n) is 0.854. The van der Waals surface area contributed by atoms with Gasteiger partial charge < -0.3 is 13.8 Å². The quantitative estimate of drug-likeness (QED) is 0.650. The third kappa shape index (κ3) is 42.7. The predicted molar refractivity (Wildman–Crippen MR) is 31.3 cm³/mol. The van der Waals surface area contributed by atoms with Crippen LogP contribution in [0.4, 0.5) is 0 Å². The zero-order valence-corrected chi connectivity index (χ0v) is 9.49. The number of unbranched alkanes of at least 4 members (excludes halogenated alkanes) is 1. The van der Waals surface area contributed by atoms with Gasteiger partial charge in [0.15, 0.2) is 0 Å². The summed E-state index contributed by atoms with van der Waals surface area (Å²) >= 11 is 0. The number of hydrogen-bond donors (Lipinski definition) is 0. The Morgan fingerprint density at radius 2 is 1.43 bits per heavy atom. The normalized spacial score (nSPS) is 5.14. The van der Waals surface area contributed by atoms with Crippen molar-refractivity contribution < 1.29 is 31.1 Å². The standard InChI is InChI=1S/C4H9.C2H5.U/c1-3-4-2;1-2;/h1,3-4H2,2H3;1H2,2H3;/q2*-1;+2. The molecular formula is C6H14U. The minimum Gasteiger partial charge on any atom is -0.346 e. The Morgan fingerprint density at radius 1 is 1.29 bits per heavy atom. The van der Waals surface area contributed by atoms with Crippen molar-refractivity contribution in [1.82, 2.24) is 0 Å². The Hall–Kier alpha value is 1.05. The Balaban J connectivity index is -0.0000000480. The van der Waals surface area contributed by atoms with Crippen LogP contribution in [0.5, 0.6) is 0 Å². The van der Waals surface area contributed by atoms with Crippen molar-refractivity contribution in [2.75, 3.05) is 0 Å². The molecule has 0 heterocycles. The molecule has 0 N–H and O–H groups in total. The largest absolute Gasteiger partial charge is 2.00 e. The van der Waals surface area contributed by atoms with E-state index in [1.165, 1.54) is 6.42 Å². The van der Waals surface area contributed by atoms with E-state index in [1.807, 2.05) is 0 Å². The van der Waals surface area contributed by atoms with Gasteiger partial charge in [-0.1, -0.05) is 13.3 Å². The van der Waals surface area contributed by atoms with Gasteiger partial charge in [0, 0.05) is 0 Å². The van der Waals surface area contributed by atoms with E-state index in [2.05, 4.69) is 20.8 Å². The molecule has 0 bridgehead atoms. The van der Waals surface area contributed by atoms with E-state index in [1.54, 1.807) is 6.92 Å². The molecule has 0 rings (SSSR count).